The molecule has 0 saturated carbocycles. The topological polar surface area (TPSA) is 61.8 Å². The average Bonchev–Trinajstić information content (AvgIpc) is 2.58. The van der Waals surface area contributed by atoms with E-state index in [9.17, 15) is 9.90 Å². The van der Waals surface area contributed by atoms with Crippen molar-refractivity contribution in [2.45, 2.75) is 20.4 Å². The van der Waals surface area contributed by atoms with Crippen molar-refractivity contribution >= 4 is 11.7 Å². The number of nitrogens with zero attached hydrogens (tertiary/aromatic N) is 1. The fourth-order valence-electron chi connectivity index (χ4n) is 2.61. The summed E-state index contributed by atoms with van der Waals surface area (Å²) in [6.45, 7) is 4.42. The highest BCUT2D eigenvalue weighted by Crippen LogP contribution is 2.22. The van der Waals surface area contributed by atoms with Gasteiger partial charge in [0.1, 0.15) is 5.75 Å². The summed E-state index contributed by atoms with van der Waals surface area (Å²) in [6, 6.07) is 13.2. The second-order valence-corrected chi connectivity index (χ2v) is 5.65. The lowest BCUT2D eigenvalue weighted by atomic mass is 10.1. The van der Waals surface area contributed by atoms with Crippen LogP contribution in [0.15, 0.2) is 42.5 Å². The minimum absolute atomic E-state index is 0.102. The molecule has 0 atom stereocenters. The standard InChI is InChI=1S/C19H24N2O3/c1-14-7-6-8-15(2)18(14)20-19(23)21(11-12-22)13-16-9-4-5-10-17(16)24-3/h4-10,22H,11-13H2,1-3H3,(H,20,23). The van der Waals surface area contributed by atoms with Gasteiger partial charge in [0.05, 0.1) is 20.3 Å². The van der Waals surface area contributed by atoms with E-state index in [1.807, 2.05) is 56.3 Å². The highest BCUT2D eigenvalue weighted by Gasteiger charge is 2.17. The number of ether oxygens (including phenoxy) is 1. The molecule has 2 aromatic carbocycles. The third-order valence-electron chi connectivity index (χ3n) is 3.92. The monoisotopic (exact) mass is 328 g/mol. The molecule has 5 nitrogen and oxygen atoms in total. The van der Waals surface area contributed by atoms with Crippen molar-refractivity contribution in [3.63, 3.8) is 0 Å². The zero-order valence-corrected chi connectivity index (χ0v) is 14.4. The number of hydrogen-bond acceptors (Lipinski definition) is 3. The van der Waals surface area contributed by atoms with E-state index in [2.05, 4.69) is 5.32 Å². The third-order valence-corrected chi connectivity index (χ3v) is 3.92. The predicted molar refractivity (Wildman–Crippen MR) is 95.4 cm³/mol. The lowest BCUT2D eigenvalue weighted by Crippen LogP contribution is -2.37. The van der Waals surface area contributed by atoms with E-state index in [0.29, 0.717) is 6.54 Å². The molecule has 0 unspecified atom stereocenters. The molecule has 5 heteroatoms. The molecule has 0 fully saturated rings. The van der Waals surface area contributed by atoms with Crippen LogP contribution in [0.25, 0.3) is 0 Å². The zero-order chi connectivity index (χ0) is 17.5. The van der Waals surface area contributed by atoms with Gasteiger partial charge in [0.15, 0.2) is 0 Å². The summed E-state index contributed by atoms with van der Waals surface area (Å²) in [5.74, 6) is 0.723. The molecule has 0 heterocycles. The van der Waals surface area contributed by atoms with Gasteiger partial charge in [-0.2, -0.15) is 0 Å². The molecule has 0 spiro atoms. The van der Waals surface area contributed by atoms with Gasteiger partial charge in [0, 0.05) is 17.8 Å². The van der Waals surface area contributed by atoms with E-state index in [4.69, 9.17) is 4.74 Å². The summed E-state index contributed by atoms with van der Waals surface area (Å²) in [5.41, 5.74) is 3.71. The highest BCUT2D eigenvalue weighted by atomic mass is 16.5. The average molecular weight is 328 g/mol. The van der Waals surface area contributed by atoms with Crippen LogP contribution in [0.1, 0.15) is 16.7 Å². The number of aliphatic hydroxyl groups is 1. The number of benzene rings is 2. The number of rotatable bonds is 6. The van der Waals surface area contributed by atoms with E-state index in [-0.39, 0.29) is 19.2 Å². The fourth-order valence-corrected chi connectivity index (χ4v) is 2.61. The van der Waals surface area contributed by atoms with Gasteiger partial charge in [-0.25, -0.2) is 4.79 Å². The normalized spacial score (nSPS) is 10.3. The summed E-state index contributed by atoms with van der Waals surface area (Å²) in [7, 11) is 1.60. The van der Waals surface area contributed by atoms with E-state index in [0.717, 1.165) is 28.1 Å². The molecule has 0 aromatic heterocycles. The molecule has 0 aliphatic carbocycles. The van der Waals surface area contributed by atoms with Crippen molar-refractivity contribution in [2.24, 2.45) is 0 Å². The van der Waals surface area contributed by atoms with Crippen molar-refractivity contribution in [1.82, 2.24) is 4.90 Å². The lowest BCUT2D eigenvalue weighted by molar-refractivity contribution is 0.184. The molecule has 2 rings (SSSR count). The van der Waals surface area contributed by atoms with Crippen LogP contribution in [-0.4, -0.2) is 36.3 Å². The number of para-hydroxylation sites is 2. The maximum absolute atomic E-state index is 12.7. The summed E-state index contributed by atoms with van der Waals surface area (Å²) < 4.78 is 5.34. The molecule has 0 saturated heterocycles. The Kier molecular flexibility index (Phi) is 6.21. The van der Waals surface area contributed by atoms with Crippen molar-refractivity contribution in [2.75, 3.05) is 25.6 Å². The summed E-state index contributed by atoms with van der Waals surface area (Å²) in [6.07, 6.45) is 0. The Morgan fingerprint density at radius 3 is 2.42 bits per heavy atom. The summed E-state index contributed by atoms with van der Waals surface area (Å²) in [5, 5.41) is 12.3. The van der Waals surface area contributed by atoms with Gasteiger partial charge >= 0.3 is 6.03 Å². The molecular weight excluding hydrogens is 304 g/mol. The number of aryl methyl sites for hydroxylation is 2. The Labute approximate surface area is 142 Å². The minimum Gasteiger partial charge on any atom is -0.496 e. The number of hydrogen-bond donors (Lipinski definition) is 2. The number of anilines is 1. The van der Waals surface area contributed by atoms with Crippen molar-refractivity contribution in [3.8, 4) is 5.75 Å². The number of aliphatic hydroxyl groups excluding tert-OH is 1. The number of carbonyl (C=O) groups excluding carboxylic acids is 1. The Bertz CT molecular complexity index is 681. The smallest absolute Gasteiger partial charge is 0.322 e. The van der Waals surface area contributed by atoms with Crippen LogP contribution in [0.3, 0.4) is 0 Å². The van der Waals surface area contributed by atoms with Crippen LogP contribution in [0.5, 0.6) is 5.75 Å². The maximum Gasteiger partial charge on any atom is 0.322 e. The first-order valence-corrected chi connectivity index (χ1v) is 7.91. The first-order valence-electron chi connectivity index (χ1n) is 7.91. The van der Waals surface area contributed by atoms with E-state index in [1.54, 1.807) is 12.0 Å². The van der Waals surface area contributed by atoms with E-state index < -0.39 is 0 Å². The Hall–Kier alpha value is -2.53. The van der Waals surface area contributed by atoms with E-state index >= 15 is 0 Å². The molecule has 0 radical (unpaired) electrons. The first kappa shape index (κ1) is 17.8. The predicted octanol–water partition coefficient (Wildman–Crippen LogP) is 3.34. The number of urea groups is 1. The Morgan fingerprint density at radius 2 is 1.79 bits per heavy atom. The van der Waals surface area contributed by atoms with Crippen LogP contribution >= 0.6 is 0 Å². The summed E-state index contributed by atoms with van der Waals surface area (Å²) >= 11 is 0. The summed E-state index contributed by atoms with van der Waals surface area (Å²) in [4.78, 5) is 14.2. The second kappa shape index (κ2) is 8.36. The van der Waals surface area contributed by atoms with Gasteiger partial charge in [0.2, 0.25) is 0 Å². The van der Waals surface area contributed by atoms with Crippen LogP contribution in [0, 0.1) is 13.8 Å². The van der Waals surface area contributed by atoms with E-state index in [1.165, 1.54) is 0 Å². The lowest BCUT2D eigenvalue weighted by Gasteiger charge is -2.24. The molecule has 2 N–H and O–H groups in total. The van der Waals surface area contributed by atoms with Gasteiger partial charge in [-0.3, -0.25) is 0 Å². The van der Waals surface area contributed by atoms with Crippen LogP contribution in [-0.2, 0) is 6.54 Å². The number of carbonyl (C=O) groups is 1. The quantitative estimate of drug-likeness (QED) is 0.855. The molecule has 128 valence electrons. The third kappa shape index (κ3) is 4.26. The van der Waals surface area contributed by atoms with Gasteiger partial charge in [-0.1, -0.05) is 36.4 Å². The van der Waals surface area contributed by atoms with Gasteiger partial charge in [0.25, 0.3) is 0 Å². The molecule has 2 aromatic rings. The molecule has 24 heavy (non-hydrogen) atoms. The number of nitrogens with one attached hydrogen (secondary N) is 1. The SMILES string of the molecule is COc1ccccc1CN(CCO)C(=O)Nc1c(C)cccc1C. The van der Waals surface area contributed by atoms with Gasteiger partial charge in [-0.05, 0) is 31.0 Å². The minimum atomic E-state index is -0.243. The molecule has 0 aliphatic rings. The van der Waals surface area contributed by atoms with Crippen molar-refractivity contribution in [3.05, 3.63) is 59.2 Å². The van der Waals surface area contributed by atoms with Crippen molar-refractivity contribution < 1.29 is 14.6 Å². The molecule has 2 amide bonds. The Morgan fingerprint density at radius 1 is 1.12 bits per heavy atom. The molecule has 0 bridgehead atoms. The fraction of sp³-hybridized carbons (Fsp3) is 0.316. The number of methoxy groups -OCH3 is 1. The number of amides is 2. The van der Waals surface area contributed by atoms with Crippen LogP contribution in [0.2, 0.25) is 0 Å². The second-order valence-electron chi connectivity index (χ2n) is 5.65. The van der Waals surface area contributed by atoms with Crippen LogP contribution < -0.4 is 10.1 Å². The van der Waals surface area contributed by atoms with Crippen molar-refractivity contribution in [1.29, 1.82) is 0 Å². The highest BCUT2D eigenvalue weighted by molar-refractivity contribution is 5.91. The first-order chi connectivity index (χ1) is 11.6. The van der Waals surface area contributed by atoms with Gasteiger partial charge < -0.3 is 20.1 Å². The molecular formula is C19H24N2O3. The Balaban J connectivity index is 2.19. The van der Waals surface area contributed by atoms with Gasteiger partial charge in [-0.15, -0.1) is 0 Å². The van der Waals surface area contributed by atoms with Crippen LogP contribution in [0.4, 0.5) is 10.5 Å². The maximum atomic E-state index is 12.7. The molecule has 0 aliphatic heterocycles. The zero-order valence-electron chi connectivity index (χ0n) is 14.4. The largest absolute Gasteiger partial charge is 0.496 e.